The van der Waals surface area contributed by atoms with Gasteiger partial charge in [-0.2, -0.15) is 0 Å². The van der Waals surface area contributed by atoms with Gasteiger partial charge in [-0.1, -0.05) is 24.6 Å². The lowest BCUT2D eigenvalue weighted by molar-refractivity contribution is 0.629. The van der Waals surface area contributed by atoms with Gasteiger partial charge in [-0.3, -0.25) is 9.36 Å². The SMILES string of the molecule is CCCc1nc2ccc(F)cc2c(=O)n1-c1ccc(C)cc1. The molecule has 2 aromatic carbocycles. The summed E-state index contributed by atoms with van der Waals surface area (Å²) in [6.45, 7) is 4.04. The number of nitrogens with zero attached hydrogens (tertiary/aromatic N) is 2. The minimum absolute atomic E-state index is 0.225. The van der Waals surface area contributed by atoms with Gasteiger partial charge in [-0.05, 0) is 43.7 Å². The van der Waals surface area contributed by atoms with Crippen molar-refractivity contribution in [3.63, 3.8) is 0 Å². The molecule has 0 unspecified atom stereocenters. The van der Waals surface area contributed by atoms with Crippen molar-refractivity contribution >= 4 is 10.9 Å². The van der Waals surface area contributed by atoms with Crippen molar-refractivity contribution < 1.29 is 4.39 Å². The van der Waals surface area contributed by atoms with Gasteiger partial charge in [0.2, 0.25) is 0 Å². The maximum Gasteiger partial charge on any atom is 0.266 e. The molecular formula is C18H17FN2O. The number of fused-ring (bicyclic) bond motifs is 1. The Morgan fingerprint density at radius 3 is 2.55 bits per heavy atom. The molecule has 112 valence electrons. The third-order valence-electron chi connectivity index (χ3n) is 3.67. The van der Waals surface area contributed by atoms with Gasteiger partial charge in [0.15, 0.2) is 0 Å². The number of hydrogen-bond donors (Lipinski definition) is 0. The third kappa shape index (κ3) is 2.52. The van der Waals surface area contributed by atoms with E-state index in [1.54, 1.807) is 10.6 Å². The highest BCUT2D eigenvalue weighted by molar-refractivity contribution is 5.78. The number of benzene rings is 2. The quantitative estimate of drug-likeness (QED) is 0.737. The Morgan fingerprint density at radius 2 is 1.86 bits per heavy atom. The zero-order valence-electron chi connectivity index (χ0n) is 12.6. The predicted octanol–water partition coefficient (Wildman–Crippen LogP) is 3.79. The van der Waals surface area contributed by atoms with Crippen LogP contribution in [0.2, 0.25) is 0 Å². The predicted molar refractivity (Wildman–Crippen MR) is 86.0 cm³/mol. The van der Waals surface area contributed by atoms with Gasteiger partial charge in [-0.25, -0.2) is 9.37 Å². The largest absolute Gasteiger partial charge is 0.268 e. The summed E-state index contributed by atoms with van der Waals surface area (Å²) in [7, 11) is 0. The summed E-state index contributed by atoms with van der Waals surface area (Å²) in [5.74, 6) is 0.278. The minimum Gasteiger partial charge on any atom is -0.268 e. The van der Waals surface area contributed by atoms with Crippen molar-refractivity contribution in [1.29, 1.82) is 0 Å². The number of rotatable bonds is 3. The Balaban J connectivity index is 2.34. The highest BCUT2D eigenvalue weighted by atomic mass is 19.1. The van der Waals surface area contributed by atoms with E-state index in [4.69, 9.17) is 0 Å². The van der Waals surface area contributed by atoms with Gasteiger partial charge in [0.1, 0.15) is 11.6 Å². The van der Waals surface area contributed by atoms with E-state index in [1.165, 1.54) is 12.1 Å². The van der Waals surface area contributed by atoms with E-state index in [1.807, 2.05) is 38.1 Å². The van der Waals surface area contributed by atoms with E-state index in [2.05, 4.69) is 4.98 Å². The first-order chi connectivity index (χ1) is 10.6. The van der Waals surface area contributed by atoms with Crippen LogP contribution in [0.5, 0.6) is 0 Å². The van der Waals surface area contributed by atoms with Crippen LogP contribution in [0.3, 0.4) is 0 Å². The Morgan fingerprint density at radius 1 is 1.14 bits per heavy atom. The number of halogens is 1. The second kappa shape index (κ2) is 5.72. The van der Waals surface area contributed by atoms with Gasteiger partial charge >= 0.3 is 0 Å². The van der Waals surface area contributed by atoms with Crippen LogP contribution in [-0.4, -0.2) is 9.55 Å². The van der Waals surface area contributed by atoms with Gasteiger partial charge in [0.05, 0.1) is 16.6 Å². The fourth-order valence-electron chi connectivity index (χ4n) is 2.56. The number of aromatic nitrogens is 2. The van der Waals surface area contributed by atoms with Crippen molar-refractivity contribution in [2.75, 3.05) is 0 Å². The van der Waals surface area contributed by atoms with E-state index in [0.29, 0.717) is 23.1 Å². The van der Waals surface area contributed by atoms with Crippen LogP contribution < -0.4 is 5.56 Å². The molecule has 0 amide bonds. The van der Waals surface area contributed by atoms with Crippen LogP contribution in [0.15, 0.2) is 47.3 Å². The maximum atomic E-state index is 13.5. The summed E-state index contributed by atoms with van der Waals surface area (Å²) < 4.78 is 15.1. The molecule has 0 spiro atoms. The first-order valence-corrected chi connectivity index (χ1v) is 7.38. The first kappa shape index (κ1) is 14.4. The van der Waals surface area contributed by atoms with Crippen LogP contribution in [0.25, 0.3) is 16.6 Å². The Hall–Kier alpha value is -2.49. The zero-order valence-corrected chi connectivity index (χ0v) is 12.6. The monoisotopic (exact) mass is 296 g/mol. The molecule has 1 aromatic heterocycles. The number of aryl methyl sites for hydroxylation is 2. The summed E-state index contributed by atoms with van der Waals surface area (Å²) in [5.41, 5.74) is 2.20. The van der Waals surface area contributed by atoms with Crippen LogP contribution in [0.1, 0.15) is 24.7 Å². The average molecular weight is 296 g/mol. The third-order valence-corrected chi connectivity index (χ3v) is 3.67. The first-order valence-electron chi connectivity index (χ1n) is 7.38. The standard InChI is InChI=1S/C18H17FN2O/c1-3-4-17-20-16-10-7-13(19)11-15(16)18(22)21(17)14-8-5-12(2)6-9-14/h5-11H,3-4H2,1-2H3. The molecular weight excluding hydrogens is 279 g/mol. The summed E-state index contributed by atoms with van der Waals surface area (Å²) in [6.07, 6.45) is 1.57. The molecule has 0 fully saturated rings. The Labute approximate surface area is 128 Å². The van der Waals surface area contributed by atoms with Crippen molar-refractivity contribution in [3.05, 3.63) is 70.0 Å². The molecule has 0 atom stereocenters. The van der Waals surface area contributed by atoms with E-state index in [-0.39, 0.29) is 5.56 Å². The van der Waals surface area contributed by atoms with Crippen LogP contribution in [0, 0.1) is 12.7 Å². The molecule has 3 nitrogen and oxygen atoms in total. The molecule has 0 saturated heterocycles. The molecule has 1 heterocycles. The molecule has 0 N–H and O–H groups in total. The van der Waals surface area contributed by atoms with E-state index in [9.17, 15) is 9.18 Å². The van der Waals surface area contributed by atoms with Gasteiger partial charge in [-0.15, -0.1) is 0 Å². The number of hydrogen-bond acceptors (Lipinski definition) is 2. The second-order valence-corrected chi connectivity index (χ2v) is 5.42. The molecule has 22 heavy (non-hydrogen) atoms. The second-order valence-electron chi connectivity index (χ2n) is 5.42. The maximum absolute atomic E-state index is 13.5. The lowest BCUT2D eigenvalue weighted by Crippen LogP contribution is -2.24. The molecule has 0 saturated carbocycles. The molecule has 3 rings (SSSR count). The molecule has 0 radical (unpaired) electrons. The lowest BCUT2D eigenvalue weighted by Gasteiger charge is -2.13. The van der Waals surface area contributed by atoms with E-state index < -0.39 is 5.82 Å². The minimum atomic E-state index is -0.426. The summed E-state index contributed by atoms with van der Waals surface area (Å²) in [5, 5.41) is 0.306. The molecule has 0 aliphatic heterocycles. The van der Waals surface area contributed by atoms with E-state index in [0.717, 1.165) is 17.7 Å². The van der Waals surface area contributed by atoms with Crippen molar-refractivity contribution in [2.24, 2.45) is 0 Å². The molecule has 0 aliphatic carbocycles. The van der Waals surface area contributed by atoms with Crippen LogP contribution in [0.4, 0.5) is 4.39 Å². The smallest absolute Gasteiger partial charge is 0.266 e. The molecule has 0 aliphatic rings. The Kier molecular flexibility index (Phi) is 3.75. The van der Waals surface area contributed by atoms with Crippen LogP contribution >= 0.6 is 0 Å². The highest BCUT2D eigenvalue weighted by Gasteiger charge is 2.12. The topological polar surface area (TPSA) is 34.9 Å². The van der Waals surface area contributed by atoms with Gasteiger partial charge in [0.25, 0.3) is 5.56 Å². The summed E-state index contributed by atoms with van der Waals surface area (Å²) >= 11 is 0. The molecule has 4 heteroatoms. The van der Waals surface area contributed by atoms with E-state index >= 15 is 0 Å². The average Bonchev–Trinajstić information content (AvgIpc) is 2.50. The molecule has 3 aromatic rings. The van der Waals surface area contributed by atoms with Gasteiger partial charge < -0.3 is 0 Å². The zero-order chi connectivity index (χ0) is 15.7. The normalized spacial score (nSPS) is 11.0. The van der Waals surface area contributed by atoms with Crippen molar-refractivity contribution in [1.82, 2.24) is 9.55 Å². The van der Waals surface area contributed by atoms with Crippen LogP contribution in [-0.2, 0) is 6.42 Å². The lowest BCUT2D eigenvalue weighted by atomic mass is 10.2. The summed E-state index contributed by atoms with van der Waals surface area (Å²) in [4.78, 5) is 17.4. The fourth-order valence-corrected chi connectivity index (χ4v) is 2.56. The summed E-state index contributed by atoms with van der Waals surface area (Å²) in [6, 6.07) is 11.8. The van der Waals surface area contributed by atoms with Gasteiger partial charge in [0, 0.05) is 6.42 Å². The highest BCUT2D eigenvalue weighted by Crippen LogP contribution is 2.16. The fraction of sp³-hybridized carbons (Fsp3) is 0.222. The molecule has 0 bridgehead atoms. The van der Waals surface area contributed by atoms with Crippen molar-refractivity contribution in [2.45, 2.75) is 26.7 Å². The Bertz CT molecular complexity index is 882. The van der Waals surface area contributed by atoms with Crippen molar-refractivity contribution in [3.8, 4) is 5.69 Å².